The average Bonchev–Trinajstić information content (AvgIpc) is 3.19. The Hall–Kier alpha value is -2.20. The third-order valence-electron chi connectivity index (χ3n) is 6.07. The third kappa shape index (κ3) is 6.03. The quantitative estimate of drug-likeness (QED) is 0.474. The molecule has 7 nitrogen and oxygen atoms in total. The van der Waals surface area contributed by atoms with Gasteiger partial charge in [0.2, 0.25) is 10.0 Å². The number of hydrogen-bond donors (Lipinski definition) is 1. The molecule has 0 amide bonds. The van der Waals surface area contributed by atoms with Gasteiger partial charge in [0.05, 0.1) is 19.8 Å². The summed E-state index contributed by atoms with van der Waals surface area (Å²) in [4.78, 5) is 15.5. The Balaban J connectivity index is 1.56. The van der Waals surface area contributed by atoms with Gasteiger partial charge >= 0.3 is 5.97 Å². The zero-order chi connectivity index (χ0) is 23.4. The van der Waals surface area contributed by atoms with Crippen molar-refractivity contribution in [3.05, 3.63) is 56.8 Å². The average molecular weight is 491 g/mol. The van der Waals surface area contributed by atoms with E-state index in [-0.39, 0.29) is 12.4 Å². The maximum Gasteiger partial charge on any atom is 0.309 e. The third-order valence-corrected chi connectivity index (χ3v) is 7.78. The number of nitrogens with zero attached hydrogens (tertiary/aromatic N) is 1. The molecule has 1 aromatic heterocycles. The number of carbonyl (C=O) groups excluding carboxylic acids is 1. The molecule has 33 heavy (non-hydrogen) atoms. The highest BCUT2D eigenvalue weighted by atomic mass is 32.2. The highest BCUT2D eigenvalue weighted by Crippen LogP contribution is 2.43. The number of ether oxygens (including phenoxy) is 2. The van der Waals surface area contributed by atoms with Crippen LogP contribution < -0.4 is 9.46 Å². The summed E-state index contributed by atoms with van der Waals surface area (Å²) in [6.45, 7) is 3.76. The first-order valence-corrected chi connectivity index (χ1v) is 13.9. The van der Waals surface area contributed by atoms with Gasteiger partial charge in [-0.15, -0.1) is 11.3 Å². The number of likely N-dealkylation sites (tertiary alicyclic amines) is 1. The molecule has 2 aromatic rings. The molecule has 0 unspecified atom stereocenters. The number of piperidine rings is 1. The van der Waals surface area contributed by atoms with Crippen molar-refractivity contribution in [1.29, 1.82) is 0 Å². The first-order chi connectivity index (χ1) is 15.8. The Kier molecular flexibility index (Phi) is 7.53. The minimum absolute atomic E-state index is 0.235. The number of methoxy groups -OCH3 is 1. The number of esters is 1. The zero-order valence-corrected chi connectivity index (χ0v) is 20.7. The second-order valence-electron chi connectivity index (χ2n) is 8.49. The van der Waals surface area contributed by atoms with Crippen LogP contribution in [0.15, 0.2) is 35.2 Å². The molecule has 2 aliphatic heterocycles. The number of hydrogen-bond acceptors (Lipinski definition) is 7. The summed E-state index contributed by atoms with van der Waals surface area (Å²) < 4.78 is 36.0. The number of rotatable bonds is 7. The van der Waals surface area contributed by atoms with E-state index in [2.05, 4.69) is 27.1 Å². The van der Waals surface area contributed by atoms with Crippen LogP contribution in [0, 0.1) is 0 Å². The molecule has 0 bridgehead atoms. The van der Waals surface area contributed by atoms with Crippen molar-refractivity contribution in [3.63, 3.8) is 0 Å². The van der Waals surface area contributed by atoms with E-state index in [1.165, 1.54) is 35.0 Å². The van der Waals surface area contributed by atoms with Crippen LogP contribution >= 0.6 is 11.3 Å². The van der Waals surface area contributed by atoms with Gasteiger partial charge in [-0.25, -0.2) is 13.1 Å². The van der Waals surface area contributed by atoms with Crippen LogP contribution in [0.4, 0.5) is 0 Å². The molecular formula is C24H30N2O5S2. The van der Waals surface area contributed by atoms with E-state index in [1.54, 1.807) is 11.3 Å². The first-order valence-electron chi connectivity index (χ1n) is 11.1. The number of nitrogens with one attached hydrogen (secondary N) is 1. The molecule has 0 spiro atoms. The van der Waals surface area contributed by atoms with E-state index in [0.717, 1.165) is 55.8 Å². The number of benzene rings is 1. The van der Waals surface area contributed by atoms with Gasteiger partial charge in [0, 0.05) is 41.2 Å². The van der Waals surface area contributed by atoms with Crippen LogP contribution in [-0.2, 0) is 32.6 Å². The van der Waals surface area contributed by atoms with E-state index >= 15 is 0 Å². The predicted molar refractivity (Wildman–Crippen MR) is 130 cm³/mol. The zero-order valence-electron chi connectivity index (χ0n) is 19.1. The van der Waals surface area contributed by atoms with Crippen LogP contribution in [0.2, 0.25) is 0 Å². The van der Waals surface area contributed by atoms with Gasteiger partial charge in [0.15, 0.2) is 0 Å². The Labute approximate surface area is 199 Å². The van der Waals surface area contributed by atoms with E-state index < -0.39 is 10.0 Å². The van der Waals surface area contributed by atoms with Gasteiger partial charge in [0.1, 0.15) is 12.4 Å². The first kappa shape index (κ1) is 23.9. The van der Waals surface area contributed by atoms with Gasteiger partial charge in [-0.1, -0.05) is 11.6 Å². The Morgan fingerprint density at radius 1 is 1.24 bits per heavy atom. The van der Waals surface area contributed by atoms with Crippen LogP contribution in [0.3, 0.4) is 0 Å². The lowest BCUT2D eigenvalue weighted by Gasteiger charge is -2.30. The highest BCUT2D eigenvalue weighted by molar-refractivity contribution is 7.88. The van der Waals surface area contributed by atoms with Crippen molar-refractivity contribution in [2.24, 2.45) is 0 Å². The van der Waals surface area contributed by atoms with Crippen LogP contribution in [-0.4, -0.2) is 58.8 Å². The number of sulfonamides is 1. The van der Waals surface area contributed by atoms with Gasteiger partial charge in [-0.3, -0.25) is 4.79 Å². The Bertz CT molecular complexity index is 1140. The summed E-state index contributed by atoms with van der Waals surface area (Å²) in [6.07, 6.45) is 4.12. The van der Waals surface area contributed by atoms with Crippen molar-refractivity contribution in [2.75, 3.05) is 39.5 Å². The van der Waals surface area contributed by atoms with E-state index in [0.29, 0.717) is 13.2 Å². The normalized spacial score (nSPS) is 16.5. The Morgan fingerprint density at radius 3 is 2.76 bits per heavy atom. The summed E-state index contributed by atoms with van der Waals surface area (Å²) in [5, 5.41) is 2.11. The van der Waals surface area contributed by atoms with E-state index in [4.69, 9.17) is 9.47 Å². The SMILES string of the molecule is COC(=O)Cc1ccc2c(c1)C(=C1CCN(CCCNS(C)(=O)=O)CC1)c1sccc1CO2. The molecule has 0 aliphatic carbocycles. The molecule has 1 N–H and O–H groups in total. The summed E-state index contributed by atoms with van der Waals surface area (Å²) in [7, 11) is -1.73. The monoisotopic (exact) mass is 490 g/mol. The minimum atomic E-state index is -3.13. The number of carbonyl (C=O) groups is 1. The fourth-order valence-corrected chi connectivity index (χ4v) is 5.94. The standard InChI is InChI=1S/C24H30N2O5S2/c1-30-22(27)15-17-4-5-21-20(14-17)23(24-19(16-31-21)8-13-32-24)18-6-11-26(12-7-18)10-3-9-25-33(2,28)29/h4-5,8,13-14,25H,3,6-7,9-12,15-16H2,1-2H3. The van der Waals surface area contributed by atoms with Crippen molar-refractivity contribution in [2.45, 2.75) is 32.3 Å². The van der Waals surface area contributed by atoms with Crippen LogP contribution in [0.25, 0.3) is 5.57 Å². The van der Waals surface area contributed by atoms with Gasteiger partial charge < -0.3 is 14.4 Å². The summed E-state index contributed by atoms with van der Waals surface area (Å²) in [5.74, 6) is 0.595. The fourth-order valence-electron chi connectivity index (χ4n) is 4.40. The van der Waals surface area contributed by atoms with Crippen molar-refractivity contribution in [3.8, 4) is 5.75 Å². The van der Waals surface area contributed by atoms with E-state index in [9.17, 15) is 13.2 Å². The lowest BCUT2D eigenvalue weighted by atomic mass is 9.89. The lowest BCUT2D eigenvalue weighted by Crippen LogP contribution is -2.34. The summed E-state index contributed by atoms with van der Waals surface area (Å²) in [5.41, 5.74) is 5.82. The smallest absolute Gasteiger partial charge is 0.309 e. The fraction of sp³-hybridized carbons (Fsp3) is 0.458. The van der Waals surface area contributed by atoms with Crippen molar-refractivity contribution >= 4 is 32.9 Å². The molecule has 0 saturated carbocycles. The topological polar surface area (TPSA) is 84.9 Å². The van der Waals surface area contributed by atoms with Crippen molar-refractivity contribution in [1.82, 2.24) is 9.62 Å². The molecule has 1 saturated heterocycles. The van der Waals surface area contributed by atoms with Gasteiger partial charge in [-0.2, -0.15) is 0 Å². The largest absolute Gasteiger partial charge is 0.488 e. The minimum Gasteiger partial charge on any atom is -0.488 e. The molecular weight excluding hydrogens is 460 g/mol. The number of thiophene rings is 1. The number of fused-ring (bicyclic) bond motifs is 2. The van der Waals surface area contributed by atoms with E-state index in [1.807, 2.05) is 12.1 Å². The molecule has 4 rings (SSSR count). The second-order valence-corrected chi connectivity index (χ2v) is 11.2. The molecule has 0 atom stereocenters. The molecule has 9 heteroatoms. The maximum atomic E-state index is 11.8. The van der Waals surface area contributed by atoms with Crippen molar-refractivity contribution < 1.29 is 22.7 Å². The van der Waals surface area contributed by atoms with Gasteiger partial charge in [0.25, 0.3) is 0 Å². The Morgan fingerprint density at radius 2 is 2.03 bits per heavy atom. The van der Waals surface area contributed by atoms with Crippen LogP contribution in [0.1, 0.15) is 40.8 Å². The summed E-state index contributed by atoms with van der Waals surface area (Å²) >= 11 is 1.74. The van der Waals surface area contributed by atoms with Gasteiger partial charge in [-0.05, 0) is 54.9 Å². The molecule has 2 aliphatic rings. The lowest BCUT2D eigenvalue weighted by molar-refractivity contribution is -0.139. The van der Waals surface area contributed by atoms with Crippen LogP contribution in [0.5, 0.6) is 5.75 Å². The molecule has 3 heterocycles. The predicted octanol–water partition coefficient (Wildman–Crippen LogP) is 3.19. The summed E-state index contributed by atoms with van der Waals surface area (Å²) in [6, 6.07) is 8.11. The highest BCUT2D eigenvalue weighted by Gasteiger charge is 2.26. The molecule has 178 valence electrons. The maximum absolute atomic E-state index is 11.8. The molecule has 1 aromatic carbocycles. The second kappa shape index (κ2) is 10.4. The molecule has 1 fully saturated rings. The molecule has 0 radical (unpaired) electrons.